The molecule has 1 aromatic carbocycles. The predicted octanol–water partition coefficient (Wildman–Crippen LogP) is 1.53. The van der Waals surface area contributed by atoms with Gasteiger partial charge in [-0.05, 0) is 42.3 Å². The minimum absolute atomic E-state index is 0.168. The molecule has 0 amide bonds. The Morgan fingerprint density at radius 1 is 1.20 bits per heavy atom. The third-order valence-corrected chi connectivity index (χ3v) is 4.69. The molecule has 1 aliphatic heterocycles. The fourth-order valence-corrected chi connectivity index (χ4v) is 3.38. The number of pyridine rings is 1. The van der Waals surface area contributed by atoms with E-state index in [2.05, 4.69) is 15.0 Å². The van der Waals surface area contributed by atoms with Crippen molar-refractivity contribution in [2.24, 2.45) is 0 Å². The molecule has 0 unspecified atom stereocenters. The smallest absolute Gasteiger partial charge is 0.263 e. The molecule has 0 saturated heterocycles. The van der Waals surface area contributed by atoms with Crippen molar-refractivity contribution in [2.75, 3.05) is 11.3 Å². The van der Waals surface area contributed by atoms with Crippen LogP contribution in [-0.2, 0) is 23.0 Å². The first-order valence-corrected chi connectivity index (χ1v) is 7.89. The predicted molar refractivity (Wildman–Crippen MR) is 76.9 cm³/mol. The van der Waals surface area contributed by atoms with Gasteiger partial charge in [0.05, 0.1) is 5.69 Å². The van der Waals surface area contributed by atoms with Gasteiger partial charge in [0.25, 0.3) is 10.0 Å². The van der Waals surface area contributed by atoms with Gasteiger partial charge in [0.15, 0.2) is 0 Å². The van der Waals surface area contributed by atoms with Crippen LogP contribution in [0.3, 0.4) is 0 Å². The van der Waals surface area contributed by atoms with E-state index in [0.717, 1.165) is 18.5 Å². The first-order chi connectivity index (χ1) is 9.67. The molecule has 5 nitrogen and oxygen atoms in total. The van der Waals surface area contributed by atoms with Gasteiger partial charge in [0.1, 0.15) is 4.90 Å². The third-order valence-electron chi connectivity index (χ3n) is 3.33. The molecule has 2 aromatic rings. The Labute approximate surface area is 118 Å². The van der Waals surface area contributed by atoms with Crippen molar-refractivity contribution in [1.82, 2.24) is 10.3 Å². The van der Waals surface area contributed by atoms with E-state index >= 15 is 0 Å². The van der Waals surface area contributed by atoms with Gasteiger partial charge in [-0.15, -0.1) is 0 Å². The highest BCUT2D eigenvalue weighted by Crippen LogP contribution is 2.25. The zero-order valence-electron chi connectivity index (χ0n) is 10.8. The van der Waals surface area contributed by atoms with Crippen LogP contribution in [0.25, 0.3) is 0 Å². The van der Waals surface area contributed by atoms with E-state index in [0.29, 0.717) is 12.2 Å². The largest absolute Gasteiger partial charge is 0.312 e. The number of nitrogens with one attached hydrogen (secondary N) is 2. The molecular weight excluding hydrogens is 274 g/mol. The maximum absolute atomic E-state index is 12.3. The van der Waals surface area contributed by atoms with Crippen LogP contribution < -0.4 is 10.0 Å². The number of fused-ring (bicyclic) bond motifs is 1. The summed E-state index contributed by atoms with van der Waals surface area (Å²) in [4.78, 5) is 4.02. The lowest BCUT2D eigenvalue weighted by Crippen LogP contribution is -2.25. The molecule has 2 N–H and O–H groups in total. The molecule has 0 fully saturated rings. The molecule has 1 aromatic heterocycles. The summed E-state index contributed by atoms with van der Waals surface area (Å²) in [6.07, 6.45) is 3.81. The number of hydrogen-bond acceptors (Lipinski definition) is 4. The number of benzene rings is 1. The van der Waals surface area contributed by atoms with Crippen LogP contribution in [0.15, 0.2) is 47.6 Å². The van der Waals surface area contributed by atoms with Crippen molar-refractivity contribution < 1.29 is 8.42 Å². The maximum Gasteiger partial charge on any atom is 0.263 e. The summed E-state index contributed by atoms with van der Waals surface area (Å²) in [7, 11) is -3.59. The van der Waals surface area contributed by atoms with E-state index in [1.54, 1.807) is 18.3 Å². The van der Waals surface area contributed by atoms with Gasteiger partial charge in [-0.3, -0.25) is 9.71 Å². The van der Waals surface area contributed by atoms with Crippen molar-refractivity contribution >= 4 is 15.7 Å². The van der Waals surface area contributed by atoms with Crippen LogP contribution in [0.2, 0.25) is 0 Å². The normalized spacial score (nSPS) is 14.6. The Morgan fingerprint density at radius 2 is 2.10 bits per heavy atom. The fourth-order valence-electron chi connectivity index (χ4n) is 2.32. The quantitative estimate of drug-likeness (QED) is 0.899. The van der Waals surface area contributed by atoms with Gasteiger partial charge >= 0.3 is 0 Å². The number of aromatic nitrogens is 1. The first-order valence-electron chi connectivity index (χ1n) is 6.41. The summed E-state index contributed by atoms with van der Waals surface area (Å²) >= 11 is 0. The average molecular weight is 289 g/mol. The molecule has 0 atom stereocenters. The van der Waals surface area contributed by atoms with Gasteiger partial charge in [-0.1, -0.05) is 12.1 Å². The summed E-state index contributed by atoms with van der Waals surface area (Å²) < 4.78 is 27.3. The van der Waals surface area contributed by atoms with E-state index in [9.17, 15) is 8.42 Å². The van der Waals surface area contributed by atoms with Crippen LogP contribution in [-0.4, -0.2) is 19.9 Å². The van der Waals surface area contributed by atoms with E-state index in [-0.39, 0.29) is 4.90 Å². The minimum Gasteiger partial charge on any atom is -0.312 e. The maximum atomic E-state index is 12.3. The molecule has 20 heavy (non-hydrogen) atoms. The molecule has 0 spiro atoms. The monoisotopic (exact) mass is 289 g/mol. The van der Waals surface area contributed by atoms with Gasteiger partial charge in [0, 0.05) is 18.9 Å². The minimum atomic E-state index is -3.59. The fraction of sp³-hybridized carbons (Fsp3) is 0.214. The third kappa shape index (κ3) is 2.52. The van der Waals surface area contributed by atoms with Crippen molar-refractivity contribution in [3.63, 3.8) is 0 Å². The second-order valence-corrected chi connectivity index (χ2v) is 6.35. The lowest BCUT2D eigenvalue weighted by atomic mass is 10.00. The summed E-state index contributed by atoms with van der Waals surface area (Å²) in [5.41, 5.74) is 2.85. The average Bonchev–Trinajstić information content (AvgIpc) is 2.48. The highest BCUT2D eigenvalue weighted by atomic mass is 32.2. The summed E-state index contributed by atoms with van der Waals surface area (Å²) in [6.45, 7) is 1.60. The van der Waals surface area contributed by atoms with Crippen LogP contribution >= 0.6 is 0 Å². The number of anilines is 1. The SMILES string of the molecule is O=S(=O)(Nc1cccc2c1CNCC2)c1cccnc1. The van der Waals surface area contributed by atoms with Crippen molar-refractivity contribution in [3.05, 3.63) is 53.9 Å². The number of nitrogens with zero attached hydrogens (tertiary/aromatic N) is 1. The zero-order chi connectivity index (χ0) is 14.0. The molecule has 0 bridgehead atoms. The second kappa shape index (κ2) is 5.22. The second-order valence-electron chi connectivity index (χ2n) is 4.66. The van der Waals surface area contributed by atoms with Crippen molar-refractivity contribution in [1.29, 1.82) is 0 Å². The topological polar surface area (TPSA) is 71.1 Å². The summed E-state index contributed by atoms with van der Waals surface area (Å²) in [5.74, 6) is 0. The lowest BCUT2D eigenvalue weighted by molar-refractivity contribution is 0.600. The van der Waals surface area contributed by atoms with Gasteiger partial charge in [-0.2, -0.15) is 0 Å². The molecule has 104 valence electrons. The molecule has 0 aliphatic carbocycles. The van der Waals surface area contributed by atoms with Gasteiger partial charge in [-0.25, -0.2) is 8.42 Å². The Hall–Kier alpha value is -1.92. The number of rotatable bonds is 3. The first kappa shape index (κ1) is 13.1. The molecular formula is C14H15N3O2S. The van der Waals surface area contributed by atoms with Gasteiger partial charge in [0.2, 0.25) is 0 Å². The van der Waals surface area contributed by atoms with Gasteiger partial charge < -0.3 is 5.32 Å². The molecule has 2 heterocycles. The van der Waals surface area contributed by atoms with Crippen molar-refractivity contribution in [2.45, 2.75) is 17.9 Å². The Balaban J connectivity index is 1.96. The Morgan fingerprint density at radius 3 is 2.90 bits per heavy atom. The molecule has 3 rings (SSSR count). The summed E-state index contributed by atoms with van der Waals surface area (Å²) in [6, 6.07) is 8.85. The van der Waals surface area contributed by atoms with E-state index < -0.39 is 10.0 Å². The lowest BCUT2D eigenvalue weighted by Gasteiger charge is -2.21. The molecule has 6 heteroatoms. The molecule has 1 aliphatic rings. The van der Waals surface area contributed by atoms with Crippen LogP contribution in [0.1, 0.15) is 11.1 Å². The Bertz CT molecular complexity index is 714. The highest BCUT2D eigenvalue weighted by molar-refractivity contribution is 7.92. The number of sulfonamides is 1. The van der Waals surface area contributed by atoms with Crippen LogP contribution in [0.4, 0.5) is 5.69 Å². The summed E-state index contributed by atoms with van der Waals surface area (Å²) in [5, 5.41) is 3.26. The van der Waals surface area contributed by atoms with Crippen molar-refractivity contribution in [3.8, 4) is 0 Å². The van der Waals surface area contributed by atoms with Crippen LogP contribution in [0.5, 0.6) is 0 Å². The van der Waals surface area contributed by atoms with Crippen LogP contribution in [0, 0.1) is 0 Å². The zero-order valence-corrected chi connectivity index (χ0v) is 11.7. The Kier molecular flexibility index (Phi) is 3.42. The van der Waals surface area contributed by atoms with E-state index in [1.807, 2.05) is 12.1 Å². The molecule has 0 saturated carbocycles. The standard InChI is InChI=1S/C14H15N3O2S/c18-20(19,12-4-2-7-15-9-12)17-14-5-1-3-11-6-8-16-10-13(11)14/h1-5,7,9,16-17H,6,8,10H2. The van der Waals surface area contributed by atoms with E-state index in [4.69, 9.17) is 0 Å². The van der Waals surface area contributed by atoms with E-state index in [1.165, 1.54) is 17.8 Å². The number of hydrogen-bond donors (Lipinski definition) is 2. The highest BCUT2D eigenvalue weighted by Gasteiger charge is 2.18. The molecule has 0 radical (unpaired) electrons.